The van der Waals surface area contributed by atoms with E-state index in [4.69, 9.17) is 0 Å². The summed E-state index contributed by atoms with van der Waals surface area (Å²) in [7, 11) is 0. The minimum atomic E-state index is -1.07. The summed E-state index contributed by atoms with van der Waals surface area (Å²) in [4.78, 5) is 41.5. The molecule has 3 aromatic rings. The minimum absolute atomic E-state index is 0.167. The van der Waals surface area contributed by atoms with Gasteiger partial charge in [0.1, 0.15) is 5.54 Å². The van der Waals surface area contributed by atoms with Gasteiger partial charge < -0.3 is 10.6 Å². The number of amides is 3. The van der Waals surface area contributed by atoms with Crippen molar-refractivity contribution in [2.45, 2.75) is 57.5 Å². The molecule has 6 nitrogen and oxygen atoms in total. The normalized spacial score (nSPS) is 14.6. The van der Waals surface area contributed by atoms with Gasteiger partial charge in [0.05, 0.1) is 12.6 Å². The molecule has 1 aliphatic carbocycles. The van der Waals surface area contributed by atoms with Gasteiger partial charge in [-0.2, -0.15) is 0 Å². The molecular weight excluding hydrogens is 462 g/mol. The molecule has 0 atom stereocenters. The van der Waals surface area contributed by atoms with Crippen LogP contribution in [0.15, 0.2) is 84.9 Å². The van der Waals surface area contributed by atoms with E-state index in [-0.39, 0.29) is 30.3 Å². The predicted octanol–water partition coefficient (Wildman–Crippen LogP) is 5.07. The number of rotatable bonds is 8. The first-order chi connectivity index (χ1) is 17.9. The number of nitrogens with one attached hydrogen (secondary N) is 2. The summed E-state index contributed by atoms with van der Waals surface area (Å²) in [5, 5.41) is 5.97. The molecule has 1 aliphatic rings. The Morgan fingerprint density at radius 2 is 1.35 bits per heavy atom. The SMILES string of the molecule is CC(=O)NCC(=O)N(c1ccccc1C)C1(C(=O)NC(c2ccccc2)c2ccccc2)CCCCC1. The lowest BCUT2D eigenvalue weighted by Gasteiger charge is -2.46. The highest BCUT2D eigenvalue weighted by atomic mass is 16.2. The molecule has 0 spiro atoms. The summed E-state index contributed by atoms with van der Waals surface area (Å²) in [6.07, 6.45) is 3.79. The molecule has 1 fully saturated rings. The second-order valence-corrected chi connectivity index (χ2v) is 9.75. The molecule has 192 valence electrons. The van der Waals surface area contributed by atoms with Crippen molar-refractivity contribution in [2.75, 3.05) is 11.4 Å². The Hall–Kier alpha value is -3.93. The highest BCUT2D eigenvalue weighted by molar-refractivity contribution is 6.05. The molecule has 1 saturated carbocycles. The van der Waals surface area contributed by atoms with Crippen molar-refractivity contribution in [3.05, 3.63) is 102 Å². The second kappa shape index (κ2) is 11.9. The van der Waals surface area contributed by atoms with Crippen LogP contribution in [0.1, 0.15) is 61.8 Å². The van der Waals surface area contributed by atoms with Gasteiger partial charge in [-0.15, -0.1) is 0 Å². The van der Waals surface area contributed by atoms with E-state index >= 15 is 0 Å². The molecule has 0 unspecified atom stereocenters. The minimum Gasteiger partial charge on any atom is -0.347 e. The number of carbonyl (C=O) groups excluding carboxylic acids is 3. The van der Waals surface area contributed by atoms with Crippen LogP contribution >= 0.6 is 0 Å². The first-order valence-electron chi connectivity index (χ1n) is 13.0. The highest BCUT2D eigenvalue weighted by Gasteiger charge is 2.48. The van der Waals surface area contributed by atoms with E-state index in [1.807, 2.05) is 91.9 Å². The maximum atomic E-state index is 14.5. The Labute approximate surface area is 219 Å². The maximum absolute atomic E-state index is 14.5. The van der Waals surface area contributed by atoms with Crippen molar-refractivity contribution in [1.29, 1.82) is 0 Å². The lowest BCUT2D eigenvalue weighted by atomic mass is 9.78. The van der Waals surface area contributed by atoms with Crippen LogP contribution in [0.5, 0.6) is 0 Å². The van der Waals surface area contributed by atoms with Gasteiger partial charge in [-0.3, -0.25) is 19.3 Å². The van der Waals surface area contributed by atoms with Crippen molar-refractivity contribution in [3.63, 3.8) is 0 Å². The molecule has 0 radical (unpaired) electrons. The van der Waals surface area contributed by atoms with Gasteiger partial charge in [-0.25, -0.2) is 0 Å². The molecule has 37 heavy (non-hydrogen) atoms. The van der Waals surface area contributed by atoms with Crippen molar-refractivity contribution < 1.29 is 14.4 Å². The van der Waals surface area contributed by atoms with E-state index in [2.05, 4.69) is 10.6 Å². The maximum Gasteiger partial charge on any atom is 0.247 e. The van der Waals surface area contributed by atoms with Crippen molar-refractivity contribution in [2.24, 2.45) is 0 Å². The fourth-order valence-electron chi connectivity index (χ4n) is 5.30. The van der Waals surface area contributed by atoms with Crippen molar-refractivity contribution in [1.82, 2.24) is 10.6 Å². The number of benzene rings is 3. The zero-order chi connectivity index (χ0) is 26.3. The fraction of sp³-hybridized carbons (Fsp3) is 0.323. The molecule has 0 heterocycles. The van der Waals surface area contributed by atoms with E-state index in [1.54, 1.807) is 4.90 Å². The van der Waals surface area contributed by atoms with Crippen LogP contribution in [-0.4, -0.2) is 29.8 Å². The largest absolute Gasteiger partial charge is 0.347 e. The van der Waals surface area contributed by atoms with Gasteiger partial charge in [-0.05, 0) is 42.5 Å². The van der Waals surface area contributed by atoms with E-state index < -0.39 is 5.54 Å². The molecule has 0 bridgehead atoms. The summed E-state index contributed by atoms with van der Waals surface area (Å²) >= 11 is 0. The van der Waals surface area contributed by atoms with E-state index in [9.17, 15) is 14.4 Å². The molecule has 6 heteroatoms. The molecule has 0 saturated heterocycles. The zero-order valence-corrected chi connectivity index (χ0v) is 21.6. The molecule has 2 N–H and O–H groups in total. The first kappa shape index (κ1) is 26.1. The standard InChI is InChI=1S/C31H35N3O3/c1-23-14-10-11-19-27(23)34(28(36)22-32-24(2)35)31(20-12-5-13-21-31)30(37)33-29(25-15-6-3-7-16-25)26-17-8-4-9-18-26/h3-4,6-11,14-19,29H,5,12-13,20-22H2,1-2H3,(H,32,35)(H,33,37). The second-order valence-electron chi connectivity index (χ2n) is 9.75. The fourth-order valence-corrected chi connectivity index (χ4v) is 5.30. The molecule has 0 aliphatic heterocycles. The monoisotopic (exact) mass is 497 g/mol. The number of hydrogen-bond acceptors (Lipinski definition) is 3. The molecular formula is C31H35N3O3. The summed E-state index contributed by atoms with van der Waals surface area (Å²) in [5.41, 5.74) is 2.48. The molecule has 0 aromatic heterocycles. The van der Waals surface area contributed by atoms with Crippen LogP contribution in [0, 0.1) is 6.92 Å². The lowest BCUT2D eigenvalue weighted by Crippen LogP contribution is -2.64. The summed E-state index contributed by atoms with van der Waals surface area (Å²) in [6.45, 7) is 3.16. The Morgan fingerprint density at radius 1 is 0.811 bits per heavy atom. The van der Waals surface area contributed by atoms with Crippen LogP contribution in [0.25, 0.3) is 0 Å². The third kappa shape index (κ3) is 5.91. The number of anilines is 1. The van der Waals surface area contributed by atoms with Gasteiger partial charge in [0, 0.05) is 12.6 Å². The topological polar surface area (TPSA) is 78.5 Å². The van der Waals surface area contributed by atoms with Crippen LogP contribution in [0.2, 0.25) is 0 Å². The van der Waals surface area contributed by atoms with Crippen molar-refractivity contribution >= 4 is 23.4 Å². The third-order valence-corrected chi connectivity index (χ3v) is 7.17. The van der Waals surface area contributed by atoms with Gasteiger partial charge in [0.2, 0.25) is 17.7 Å². The number of aryl methyl sites for hydroxylation is 1. The Morgan fingerprint density at radius 3 is 1.89 bits per heavy atom. The van der Waals surface area contributed by atoms with Gasteiger partial charge in [0.15, 0.2) is 0 Å². The predicted molar refractivity (Wildman–Crippen MR) is 146 cm³/mol. The average Bonchev–Trinajstić information content (AvgIpc) is 2.93. The highest BCUT2D eigenvalue weighted by Crippen LogP contribution is 2.39. The van der Waals surface area contributed by atoms with Gasteiger partial charge in [-0.1, -0.05) is 98.1 Å². The number of carbonyl (C=O) groups is 3. The third-order valence-electron chi connectivity index (χ3n) is 7.17. The smallest absolute Gasteiger partial charge is 0.247 e. The van der Waals surface area contributed by atoms with E-state index in [1.165, 1.54) is 6.92 Å². The van der Waals surface area contributed by atoms with Crippen LogP contribution < -0.4 is 15.5 Å². The van der Waals surface area contributed by atoms with Crippen LogP contribution in [-0.2, 0) is 14.4 Å². The number of hydrogen-bond donors (Lipinski definition) is 2. The lowest BCUT2D eigenvalue weighted by molar-refractivity contribution is -0.132. The molecule has 3 amide bonds. The molecule has 4 rings (SSSR count). The number of para-hydroxylation sites is 1. The Balaban J connectivity index is 1.78. The summed E-state index contributed by atoms with van der Waals surface area (Å²) in [5.74, 6) is -0.754. The Kier molecular flexibility index (Phi) is 8.39. The van der Waals surface area contributed by atoms with Gasteiger partial charge >= 0.3 is 0 Å². The first-order valence-corrected chi connectivity index (χ1v) is 13.0. The zero-order valence-electron chi connectivity index (χ0n) is 21.6. The Bertz CT molecular complexity index is 1180. The van der Waals surface area contributed by atoms with Crippen LogP contribution in [0.3, 0.4) is 0 Å². The summed E-state index contributed by atoms with van der Waals surface area (Å²) < 4.78 is 0. The average molecular weight is 498 g/mol. The molecule has 3 aromatic carbocycles. The quantitative estimate of drug-likeness (QED) is 0.456. The summed E-state index contributed by atoms with van der Waals surface area (Å²) in [6, 6.07) is 27.1. The van der Waals surface area contributed by atoms with Crippen molar-refractivity contribution in [3.8, 4) is 0 Å². The number of nitrogens with zero attached hydrogens (tertiary/aromatic N) is 1. The van der Waals surface area contributed by atoms with Crippen LogP contribution in [0.4, 0.5) is 5.69 Å². The van der Waals surface area contributed by atoms with E-state index in [0.29, 0.717) is 18.5 Å². The van der Waals surface area contributed by atoms with E-state index in [0.717, 1.165) is 36.0 Å². The van der Waals surface area contributed by atoms with Gasteiger partial charge in [0.25, 0.3) is 0 Å².